The molecule has 0 bridgehead atoms. The van der Waals surface area contributed by atoms with Crippen molar-refractivity contribution in [2.75, 3.05) is 26.2 Å². The predicted octanol–water partition coefficient (Wildman–Crippen LogP) is 0.555. The van der Waals surface area contributed by atoms with Crippen LogP contribution in [0.2, 0.25) is 0 Å². The maximum atomic E-state index is 12.4. The first-order valence-electron chi connectivity index (χ1n) is 6.85. The molecule has 18 heavy (non-hydrogen) atoms. The number of carboxylic acid groups (broad SMARTS) is 1. The minimum absolute atomic E-state index is 0.0554. The van der Waals surface area contributed by atoms with Crippen molar-refractivity contribution in [1.82, 2.24) is 10.2 Å². The number of carbonyl (C=O) groups excluding carboxylic acids is 1. The number of nitrogens with zero attached hydrogens (tertiary/aromatic N) is 1. The van der Waals surface area contributed by atoms with Gasteiger partial charge in [0.15, 0.2) is 0 Å². The number of aliphatic carboxylic acids is 1. The Morgan fingerprint density at radius 3 is 2.39 bits per heavy atom. The molecule has 0 spiro atoms. The molecular weight excluding hydrogens is 232 g/mol. The first kappa shape index (κ1) is 13.3. The van der Waals surface area contributed by atoms with Gasteiger partial charge in [-0.1, -0.05) is 13.3 Å². The summed E-state index contributed by atoms with van der Waals surface area (Å²) >= 11 is 0. The third kappa shape index (κ3) is 2.66. The van der Waals surface area contributed by atoms with Gasteiger partial charge in [0.1, 0.15) is 0 Å². The fourth-order valence-corrected chi connectivity index (χ4v) is 3.14. The number of carbonyl (C=O) groups is 2. The standard InChI is InChI=1S/C13H22N2O3/c1-2-9-7-10(11(8-9)13(17)18)12(16)15-5-3-14-4-6-15/h9-11,14H,2-8H2,1H3,(H,17,18). The van der Waals surface area contributed by atoms with E-state index in [-0.39, 0.29) is 11.8 Å². The number of nitrogens with one attached hydrogen (secondary N) is 1. The molecule has 3 unspecified atom stereocenters. The van der Waals surface area contributed by atoms with Gasteiger partial charge in [-0.15, -0.1) is 0 Å². The zero-order valence-electron chi connectivity index (χ0n) is 10.9. The molecule has 0 radical (unpaired) electrons. The van der Waals surface area contributed by atoms with Crippen molar-refractivity contribution in [3.05, 3.63) is 0 Å². The molecule has 0 aromatic heterocycles. The third-order valence-corrected chi connectivity index (χ3v) is 4.30. The Morgan fingerprint density at radius 1 is 1.22 bits per heavy atom. The molecule has 5 heteroatoms. The Kier molecular flexibility index (Phi) is 4.22. The molecule has 2 aliphatic rings. The lowest BCUT2D eigenvalue weighted by molar-refractivity contribution is -0.149. The molecule has 0 aromatic carbocycles. The normalized spacial score (nSPS) is 32.5. The highest BCUT2D eigenvalue weighted by atomic mass is 16.4. The molecule has 1 aliphatic heterocycles. The van der Waals surface area contributed by atoms with Gasteiger partial charge in [0.05, 0.1) is 11.8 Å². The molecule has 5 nitrogen and oxygen atoms in total. The van der Waals surface area contributed by atoms with E-state index in [1.54, 1.807) is 0 Å². The Bertz CT molecular complexity index is 326. The highest BCUT2D eigenvalue weighted by Crippen LogP contribution is 2.39. The average Bonchev–Trinajstić information content (AvgIpc) is 2.83. The van der Waals surface area contributed by atoms with Crippen molar-refractivity contribution in [2.45, 2.75) is 26.2 Å². The van der Waals surface area contributed by atoms with Gasteiger partial charge in [0.25, 0.3) is 0 Å². The smallest absolute Gasteiger partial charge is 0.307 e. The van der Waals surface area contributed by atoms with Gasteiger partial charge in [-0.25, -0.2) is 0 Å². The van der Waals surface area contributed by atoms with Crippen LogP contribution in [0.3, 0.4) is 0 Å². The molecule has 1 heterocycles. The highest BCUT2D eigenvalue weighted by molar-refractivity contribution is 5.85. The summed E-state index contributed by atoms with van der Waals surface area (Å²) in [5, 5.41) is 12.5. The lowest BCUT2D eigenvalue weighted by atomic mass is 9.94. The molecule has 102 valence electrons. The van der Waals surface area contributed by atoms with E-state index in [4.69, 9.17) is 0 Å². The Labute approximate surface area is 108 Å². The maximum Gasteiger partial charge on any atom is 0.307 e. The monoisotopic (exact) mass is 254 g/mol. The Morgan fingerprint density at radius 2 is 1.83 bits per heavy atom. The zero-order valence-corrected chi connectivity index (χ0v) is 10.9. The van der Waals surface area contributed by atoms with Crippen LogP contribution in [0.25, 0.3) is 0 Å². The summed E-state index contributed by atoms with van der Waals surface area (Å²) in [5.74, 6) is -1.13. The van der Waals surface area contributed by atoms with Crippen molar-refractivity contribution in [3.8, 4) is 0 Å². The van der Waals surface area contributed by atoms with E-state index < -0.39 is 11.9 Å². The second-order valence-corrected chi connectivity index (χ2v) is 5.37. The lowest BCUT2D eigenvalue weighted by Gasteiger charge is -2.30. The molecule has 1 amide bonds. The van der Waals surface area contributed by atoms with E-state index in [1.807, 2.05) is 4.90 Å². The van der Waals surface area contributed by atoms with E-state index in [0.29, 0.717) is 25.4 Å². The molecule has 2 N–H and O–H groups in total. The van der Waals surface area contributed by atoms with E-state index >= 15 is 0 Å². The second-order valence-electron chi connectivity index (χ2n) is 5.37. The number of rotatable bonds is 3. The molecule has 1 saturated carbocycles. The largest absolute Gasteiger partial charge is 0.481 e. The van der Waals surface area contributed by atoms with E-state index in [2.05, 4.69) is 12.2 Å². The van der Waals surface area contributed by atoms with E-state index in [0.717, 1.165) is 25.9 Å². The predicted molar refractivity (Wildman–Crippen MR) is 67.1 cm³/mol. The number of hydrogen-bond acceptors (Lipinski definition) is 3. The van der Waals surface area contributed by atoms with Crippen LogP contribution < -0.4 is 5.32 Å². The van der Waals surface area contributed by atoms with Crippen LogP contribution in [0.4, 0.5) is 0 Å². The lowest BCUT2D eigenvalue weighted by Crippen LogP contribution is -2.49. The van der Waals surface area contributed by atoms with Crippen molar-refractivity contribution in [2.24, 2.45) is 17.8 Å². The average molecular weight is 254 g/mol. The van der Waals surface area contributed by atoms with Crippen LogP contribution in [-0.4, -0.2) is 48.1 Å². The SMILES string of the molecule is CCC1CC(C(=O)O)C(C(=O)N2CCNCC2)C1. The highest BCUT2D eigenvalue weighted by Gasteiger charge is 2.43. The van der Waals surface area contributed by atoms with Crippen molar-refractivity contribution in [3.63, 3.8) is 0 Å². The molecule has 3 atom stereocenters. The first-order valence-corrected chi connectivity index (χ1v) is 6.85. The van der Waals surface area contributed by atoms with Crippen LogP contribution in [0, 0.1) is 17.8 Å². The van der Waals surface area contributed by atoms with Gasteiger partial charge in [0, 0.05) is 26.2 Å². The Balaban J connectivity index is 2.04. The summed E-state index contributed by atoms with van der Waals surface area (Å²) in [4.78, 5) is 25.5. The fourth-order valence-electron chi connectivity index (χ4n) is 3.14. The number of piperazine rings is 1. The maximum absolute atomic E-state index is 12.4. The third-order valence-electron chi connectivity index (χ3n) is 4.30. The summed E-state index contributed by atoms with van der Waals surface area (Å²) < 4.78 is 0. The second kappa shape index (κ2) is 5.69. The summed E-state index contributed by atoms with van der Waals surface area (Å²) in [6.07, 6.45) is 2.37. The molecule has 1 aliphatic carbocycles. The summed E-state index contributed by atoms with van der Waals surface area (Å²) in [5.41, 5.74) is 0. The van der Waals surface area contributed by atoms with Gasteiger partial charge in [-0.05, 0) is 18.8 Å². The summed E-state index contributed by atoms with van der Waals surface area (Å²) in [6, 6.07) is 0. The molecule has 1 saturated heterocycles. The molecule has 2 fully saturated rings. The summed E-state index contributed by atoms with van der Waals surface area (Å²) in [6.45, 7) is 5.11. The minimum Gasteiger partial charge on any atom is -0.481 e. The zero-order chi connectivity index (χ0) is 13.1. The van der Waals surface area contributed by atoms with Crippen LogP contribution in [0.15, 0.2) is 0 Å². The molecule has 0 aromatic rings. The van der Waals surface area contributed by atoms with Gasteiger partial charge in [0.2, 0.25) is 5.91 Å². The van der Waals surface area contributed by atoms with Gasteiger partial charge in [-0.2, -0.15) is 0 Å². The van der Waals surface area contributed by atoms with E-state index in [1.165, 1.54) is 0 Å². The van der Waals surface area contributed by atoms with Crippen LogP contribution >= 0.6 is 0 Å². The first-order chi connectivity index (χ1) is 8.63. The van der Waals surface area contributed by atoms with Gasteiger partial charge in [-0.3, -0.25) is 9.59 Å². The van der Waals surface area contributed by atoms with Crippen molar-refractivity contribution >= 4 is 11.9 Å². The minimum atomic E-state index is -0.806. The fraction of sp³-hybridized carbons (Fsp3) is 0.846. The van der Waals surface area contributed by atoms with Crippen LogP contribution in [-0.2, 0) is 9.59 Å². The van der Waals surface area contributed by atoms with Crippen molar-refractivity contribution in [1.29, 1.82) is 0 Å². The topological polar surface area (TPSA) is 69.6 Å². The number of hydrogen-bond donors (Lipinski definition) is 2. The molecule has 2 rings (SSSR count). The quantitative estimate of drug-likeness (QED) is 0.772. The van der Waals surface area contributed by atoms with E-state index in [9.17, 15) is 14.7 Å². The molecular formula is C13H22N2O3. The van der Waals surface area contributed by atoms with Crippen molar-refractivity contribution < 1.29 is 14.7 Å². The van der Waals surface area contributed by atoms with Crippen LogP contribution in [0.5, 0.6) is 0 Å². The van der Waals surface area contributed by atoms with Gasteiger partial charge < -0.3 is 15.3 Å². The van der Waals surface area contributed by atoms with Gasteiger partial charge >= 0.3 is 5.97 Å². The van der Waals surface area contributed by atoms with Crippen LogP contribution in [0.1, 0.15) is 26.2 Å². The number of carboxylic acids is 1. The number of amides is 1. The summed E-state index contributed by atoms with van der Waals surface area (Å²) in [7, 11) is 0. The Hall–Kier alpha value is -1.10.